The van der Waals surface area contributed by atoms with E-state index in [2.05, 4.69) is 0 Å². The Bertz CT molecular complexity index is 281. The van der Waals surface area contributed by atoms with Crippen molar-refractivity contribution in [3.05, 3.63) is 0 Å². The molecule has 0 unspecified atom stereocenters. The van der Waals surface area contributed by atoms with E-state index in [0.29, 0.717) is 0 Å². The summed E-state index contributed by atoms with van der Waals surface area (Å²) in [6, 6.07) is -1.53. The van der Waals surface area contributed by atoms with Crippen LogP contribution in [-0.2, 0) is 9.59 Å². The molecule has 0 aromatic carbocycles. The van der Waals surface area contributed by atoms with Crippen LogP contribution in [0.5, 0.6) is 0 Å². The predicted molar refractivity (Wildman–Crippen MR) is 49.7 cm³/mol. The Hall–Kier alpha value is -1.27. The maximum Gasteiger partial charge on any atom is 0.471 e. The average molecular weight is 241 g/mol. The molecule has 1 amide bonds. The van der Waals surface area contributed by atoms with Gasteiger partial charge in [-0.05, 0) is 11.8 Å². The third kappa shape index (κ3) is 5.57. The lowest BCUT2D eigenvalue weighted by atomic mass is 9.88. The van der Waals surface area contributed by atoms with Gasteiger partial charge in [-0.3, -0.25) is 4.79 Å². The summed E-state index contributed by atoms with van der Waals surface area (Å²) in [5.41, 5.74) is -0.498. The minimum absolute atomic E-state index is 0.0792. The van der Waals surface area contributed by atoms with Crippen LogP contribution in [0.4, 0.5) is 13.2 Å². The van der Waals surface area contributed by atoms with Crippen LogP contribution in [0, 0.1) is 5.41 Å². The first-order chi connectivity index (χ1) is 6.93. The van der Waals surface area contributed by atoms with Gasteiger partial charge in [0, 0.05) is 0 Å². The van der Waals surface area contributed by atoms with Gasteiger partial charge in [0.25, 0.3) is 0 Å². The average Bonchev–Trinajstić information content (AvgIpc) is 1.98. The number of nitrogens with one attached hydrogen (secondary N) is 1. The monoisotopic (exact) mass is 241 g/mol. The summed E-state index contributed by atoms with van der Waals surface area (Å²) in [5, 5.41) is 10.1. The van der Waals surface area contributed by atoms with Crippen LogP contribution in [0.25, 0.3) is 0 Å². The van der Waals surface area contributed by atoms with Gasteiger partial charge >= 0.3 is 18.1 Å². The zero-order valence-electron chi connectivity index (χ0n) is 9.18. The summed E-state index contributed by atoms with van der Waals surface area (Å²) in [5.74, 6) is -3.71. The van der Waals surface area contributed by atoms with Crippen molar-refractivity contribution in [2.75, 3.05) is 0 Å². The van der Waals surface area contributed by atoms with Crippen molar-refractivity contribution in [3.63, 3.8) is 0 Å². The van der Waals surface area contributed by atoms with Crippen LogP contribution in [0.15, 0.2) is 0 Å². The third-order valence-corrected chi connectivity index (χ3v) is 1.68. The molecule has 0 aromatic rings. The Kier molecular flexibility index (Phi) is 4.34. The molecule has 0 bridgehead atoms. The SMILES string of the molecule is CC(C)(C)C[C@@H](NC(=O)C(F)(F)F)C(=O)O. The Morgan fingerprint density at radius 1 is 1.25 bits per heavy atom. The summed E-state index contributed by atoms with van der Waals surface area (Å²) in [4.78, 5) is 21.2. The summed E-state index contributed by atoms with van der Waals surface area (Å²) in [7, 11) is 0. The highest BCUT2D eigenvalue weighted by Crippen LogP contribution is 2.22. The fourth-order valence-corrected chi connectivity index (χ4v) is 1.05. The molecule has 0 radical (unpaired) electrons. The quantitative estimate of drug-likeness (QED) is 0.787. The van der Waals surface area contributed by atoms with E-state index in [0.717, 1.165) is 0 Å². The summed E-state index contributed by atoms with van der Waals surface area (Å²) in [6.07, 6.45) is -5.14. The standard InChI is InChI=1S/C9H14F3NO3/c1-8(2,3)4-5(6(14)15)13-7(16)9(10,11)12/h5H,4H2,1-3H3,(H,13,16)(H,14,15)/t5-/m1/s1. The highest BCUT2D eigenvalue weighted by Gasteiger charge is 2.41. The smallest absolute Gasteiger partial charge is 0.471 e. The number of carboxylic acids is 1. The van der Waals surface area contributed by atoms with E-state index in [-0.39, 0.29) is 6.42 Å². The number of rotatable bonds is 3. The summed E-state index contributed by atoms with van der Waals surface area (Å²) in [6.45, 7) is 5.01. The lowest BCUT2D eigenvalue weighted by molar-refractivity contribution is -0.175. The number of halogens is 3. The van der Waals surface area contributed by atoms with Crippen LogP contribution in [0.3, 0.4) is 0 Å². The molecule has 0 rings (SSSR count). The van der Waals surface area contributed by atoms with Gasteiger partial charge in [-0.1, -0.05) is 20.8 Å². The van der Waals surface area contributed by atoms with E-state index < -0.39 is 29.5 Å². The Morgan fingerprint density at radius 3 is 1.94 bits per heavy atom. The summed E-state index contributed by atoms with van der Waals surface area (Å²) < 4.78 is 35.7. The van der Waals surface area contributed by atoms with Crippen LogP contribution < -0.4 is 5.32 Å². The van der Waals surface area contributed by atoms with Gasteiger partial charge in [0.05, 0.1) is 0 Å². The minimum atomic E-state index is -5.06. The van der Waals surface area contributed by atoms with E-state index in [1.165, 1.54) is 5.32 Å². The molecule has 4 nitrogen and oxygen atoms in total. The number of hydrogen-bond acceptors (Lipinski definition) is 2. The van der Waals surface area contributed by atoms with Gasteiger partial charge in [-0.2, -0.15) is 13.2 Å². The van der Waals surface area contributed by atoms with Crippen LogP contribution in [0.2, 0.25) is 0 Å². The van der Waals surface area contributed by atoms with Gasteiger partial charge in [0.2, 0.25) is 0 Å². The van der Waals surface area contributed by atoms with Gasteiger partial charge in [-0.25, -0.2) is 4.79 Å². The second-order valence-corrected chi connectivity index (χ2v) is 4.63. The van der Waals surface area contributed by atoms with Gasteiger partial charge in [0.1, 0.15) is 6.04 Å². The molecule has 0 fully saturated rings. The van der Waals surface area contributed by atoms with E-state index in [4.69, 9.17) is 5.11 Å². The molecule has 0 saturated heterocycles. The third-order valence-electron chi connectivity index (χ3n) is 1.68. The molecular formula is C9H14F3NO3. The van der Waals surface area contributed by atoms with Gasteiger partial charge in [-0.15, -0.1) is 0 Å². The number of carboxylic acid groups (broad SMARTS) is 1. The molecule has 0 saturated carbocycles. The first-order valence-electron chi connectivity index (χ1n) is 4.54. The van der Waals surface area contributed by atoms with Crippen molar-refractivity contribution in [2.45, 2.75) is 39.4 Å². The van der Waals surface area contributed by atoms with Crippen molar-refractivity contribution in [2.24, 2.45) is 5.41 Å². The van der Waals surface area contributed by atoms with Crippen LogP contribution in [0.1, 0.15) is 27.2 Å². The van der Waals surface area contributed by atoms with Crippen molar-refractivity contribution in [1.29, 1.82) is 0 Å². The Labute approximate surface area is 90.8 Å². The molecule has 0 aliphatic rings. The number of hydrogen-bond donors (Lipinski definition) is 2. The zero-order valence-corrected chi connectivity index (χ0v) is 9.18. The molecule has 94 valence electrons. The highest BCUT2D eigenvalue weighted by atomic mass is 19.4. The van der Waals surface area contributed by atoms with Crippen molar-refractivity contribution in [3.8, 4) is 0 Å². The second-order valence-electron chi connectivity index (χ2n) is 4.63. The molecule has 0 spiro atoms. The number of amides is 1. The number of alkyl halides is 3. The second kappa shape index (κ2) is 4.71. The molecule has 0 aliphatic carbocycles. The van der Waals surface area contributed by atoms with Crippen molar-refractivity contribution < 1.29 is 27.9 Å². The lowest BCUT2D eigenvalue weighted by Gasteiger charge is -2.24. The normalized spacial score (nSPS) is 14.4. The Morgan fingerprint density at radius 2 is 1.69 bits per heavy atom. The van der Waals surface area contributed by atoms with E-state index in [9.17, 15) is 22.8 Å². The van der Waals surface area contributed by atoms with Gasteiger partial charge in [0.15, 0.2) is 0 Å². The first-order valence-corrected chi connectivity index (χ1v) is 4.54. The maximum absolute atomic E-state index is 11.9. The fourth-order valence-electron chi connectivity index (χ4n) is 1.05. The van der Waals surface area contributed by atoms with Gasteiger partial charge < -0.3 is 10.4 Å². The molecule has 7 heteroatoms. The Balaban J connectivity index is 4.60. The first kappa shape index (κ1) is 14.7. The van der Waals surface area contributed by atoms with Crippen LogP contribution in [-0.4, -0.2) is 29.2 Å². The number of carbonyl (C=O) groups excluding carboxylic acids is 1. The molecule has 0 aliphatic heterocycles. The molecule has 0 heterocycles. The predicted octanol–water partition coefficient (Wildman–Crippen LogP) is 1.55. The topological polar surface area (TPSA) is 66.4 Å². The fraction of sp³-hybridized carbons (Fsp3) is 0.778. The lowest BCUT2D eigenvalue weighted by Crippen LogP contribution is -2.48. The molecule has 0 aromatic heterocycles. The number of carbonyl (C=O) groups is 2. The molecule has 16 heavy (non-hydrogen) atoms. The highest BCUT2D eigenvalue weighted by molar-refractivity contribution is 5.86. The zero-order chi connectivity index (χ0) is 13.1. The maximum atomic E-state index is 11.9. The minimum Gasteiger partial charge on any atom is -0.480 e. The molecule has 1 atom stereocenters. The number of aliphatic carboxylic acids is 1. The van der Waals surface area contributed by atoms with Crippen molar-refractivity contribution >= 4 is 11.9 Å². The largest absolute Gasteiger partial charge is 0.480 e. The van der Waals surface area contributed by atoms with E-state index >= 15 is 0 Å². The van der Waals surface area contributed by atoms with E-state index in [1.54, 1.807) is 20.8 Å². The van der Waals surface area contributed by atoms with E-state index in [1.807, 2.05) is 0 Å². The van der Waals surface area contributed by atoms with Crippen LogP contribution >= 0.6 is 0 Å². The molecular weight excluding hydrogens is 227 g/mol. The summed E-state index contributed by atoms with van der Waals surface area (Å²) >= 11 is 0. The van der Waals surface area contributed by atoms with Crippen molar-refractivity contribution in [1.82, 2.24) is 5.32 Å². The molecule has 2 N–H and O–H groups in total.